The predicted molar refractivity (Wildman–Crippen MR) is 76.8 cm³/mol. The standard InChI is InChI=1S/C16H29NO2/c1-10(2)15-9-16(5,17-12(4)18)13-7-6-11(3)8-14(13)19-15/h10-11,13-15H,6-9H2,1-5H3,(H,17,18)/t11-,13-,14-,15-,16+/m1/s1. The van der Waals surface area contributed by atoms with E-state index in [9.17, 15) is 4.79 Å². The molecule has 1 saturated carbocycles. The molecule has 3 heteroatoms. The summed E-state index contributed by atoms with van der Waals surface area (Å²) in [7, 11) is 0. The van der Waals surface area contributed by atoms with E-state index >= 15 is 0 Å². The number of rotatable bonds is 2. The van der Waals surface area contributed by atoms with Crippen molar-refractivity contribution in [1.29, 1.82) is 0 Å². The third-order valence-corrected chi connectivity index (χ3v) is 5.05. The van der Waals surface area contributed by atoms with Gasteiger partial charge in [-0.05, 0) is 38.0 Å². The maximum absolute atomic E-state index is 11.6. The molecule has 3 nitrogen and oxygen atoms in total. The molecule has 0 radical (unpaired) electrons. The summed E-state index contributed by atoms with van der Waals surface area (Å²) in [6.45, 7) is 10.6. The van der Waals surface area contributed by atoms with Crippen LogP contribution in [0, 0.1) is 17.8 Å². The first-order valence-electron chi connectivity index (χ1n) is 7.76. The third kappa shape index (κ3) is 3.13. The largest absolute Gasteiger partial charge is 0.374 e. The van der Waals surface area contributed by atoms with Crippen LogP contribution in [0.1, 0.15) is 60.3 Å². The summed E-state index contributed by atoms with van der Waals surface area (Å²) >= 11 is 0. The fourth-order valence-corrected chi connectivity index (χ4v) is 3.99. The van der Waals surface area contributed by atoms with E-state index in [0.717, 1.165) is 18.8 Å². The molecule has 2 aliphatic rings. The smallest absolute Gasteiger partial charge is 0.217 e. The molecular formula is C16H29NO2. The molecular weight excluding hydrogens is 238 g/mol. The topological polar surface area (TPSA) is 38.3 Å². The predicted octanol–water partition coefficient (Wildman–Crippen LogP) is 3.13. The van der Waals surface area contributed by atoms with Crippen LogP contribution in [0.2, 0.25) is 0 Å². The third-order valence-electron chi connectivity index (χ3n) is 5.05. The number of ether oxygens (including phenoxy) is 1. The first-order chi connectivity index (χ1) is 8.82. The van der Waals surface area contributed by atoms with E-state index in [1.165, 1.54) is 12.8 Å². The Morgan fingerprint density at radius 1 is 1.37 bits per heavy atom. The maximum atomic E-state index is 11.6. The molecule has 1 amide bonds. The Balaban J connectivity index is 2.21. The molecule has 0 spiro atoms. The van der Waals surface area contributed by atoms with Crippen LogP contribution in [0.25, 0.3) is 0 Å². The molecule has 1 aliphatic heterocycles. The lowest BCUT2D eigenvalue weighted by Crippen LogP contribution is -2.62. The summed E-state index contributed by atoms with van der Waals surface area (Å²) in [5.41, 5.74) is -0.0934. The zero-order chi connectivity index (χ0) is 14.2. The molecule has 0 unspecified atom stereocenters. The minimum Gasteiger partial charge on any atom is -0.374 e. The van der Waals surface area contributed by atoms with Crippen molar-refractivity contribution < 1.29 is 9.53 Å². The molecule has 19 heavy (non-hydrogen) atoms. The van der Waals surface area contributed by atoms with E-state index in [-0.39, 0.29) is 17.6 Å². The average molecular weight is 267 g/mol. The van der Waals surface area contributed by atoms with Crippen LogP contribution < -0.4 is 5.32 Å². The normalized spacial score (nSPS) is 42.8. The molecule has 0 bridgehead atoms. The Hall–Kier alpha value is -0.570. The van der Waals surface area contributed by atoms with Crippen molar-refractivity contribution in [1.82, 2.24) is 5.32 Å². The van der Waals surface area contributed by atoms with Crippen molar-refractivity contribution in [2.45, 2.75) is 78.0 Å². The molecule has 0 aromatic heterocycles. The van der Waals surface area contributed by atoms with Crippen molar-refractivity contribution in [3.63, 3.8) is 0 Å². The van der Waals surface area contributed by atoms with Crippen molar-refractivity contribution in [2.75, 3.05) is 0 Å². The molecule has 1 N–H and O–H groups in total. The number of carbonyl (C=O) groups is 1. The van der Waals surface area contributed by atoms with Gasteiger partial charge in [0.2, 0.25) is 5.91 Å². The van der Waals surface area contributed by atoms with Crippen molar-refractivity contribution in [3.05, 3.63) is 0 Å². The zero-order valence-corrected chi connectivity index (χ0v) is 13.0. The number of nitrogens with one attached hydrogen (secondary N) is 1. The minimum absolute atomic E-state index is 0.0873. The van der Waals surface area contributed by atoms with Crippen LogP contribution in [0.3, 0.4) is 0 Å². The summed E-state index contributed by atoms with van der Waals surface area (Å²) in [5.74, 6) is 1.81. The fraction of sp³-hybridized carbons (Fsp3) is 0.938. The SMILES string of the molecule is CC(=O)N[C@@]1(C)C[C@H](C(C)C)O[C@@H]2C[C@H](C)CC[C@H]21. The van der Waals surface area contributed by atoms with Gasteiger partial charge < -0.3 is 10.1 Å². The molecule has 0 aromatic rings. The van der Waals surface area contributed by atoms with E-state index in [4.69, 9.17) is 4.74 Å². The van der Waals surface area contributed by atoms with Crippen LogP contribution in [-0.2, 0) is 9.53 Å². The number of carbonyl (C=O) groups excluding carboxylic acids is 1. The molecule has 110 valence electrons. The van der Waals surface area contributed by atoms with Gasteiger partial charge in [0.15, 0.2) is 0 Å². The Morgan fingerprint density at radius 2 is 2.05 bits per heavy atom. The molecule has 2 rings (SSSR count). The summed E-state index contributed by atoms with van der Waals surface area (Å²) in [6.07, 6.45) is 5.10. The maximum Gasteiger partial charge on any atom is 0.217 e. The highest BCUT2D eigenvalue weighted by molar-refractivity contribution is 5.73. The second kappa shape index (κ2) is 5.43. The van der Waals surface area contributed by atoms with E-state index in [2.05, 4.69) is 33.0 Å². The van der Waals surface area contributed by atoms with Crippen LogP contribution in [0.15, 0.2) is 0 Å². The molecule has 1 saturated heterocycles. The Kier molecular flexibility index (Phi) is 4.24. The lowest BCUT2D eigenvalue weighted by Gasteiger charge is -2.53. The van der Waals surface area contributed by atoms with Crippen molar-refractivity contribution in [2.24, 2.45) is 17.8 Å². The van der Waals surface area contributed by atoms with Gasteiger partial charge in [-0.1, -0.05) is 27.2 Å². The average Bonchev–Trinajstić information content (AvgIpc) is 2.26. The summed E-state index contributed by atoms with van der Waals surface area (Å²) in [6, 6.07) is 0. The zero-order valence-electron chi connectivity index (χ0n) is 13.0. The summed E-state index contributed by atoms with van der Waals surface area (Å²) in [5, 5.41) is 3.24. The van der Waals surface area contributed by atoms with Crippen LogP contribution in [0.5, 0.6) is 0 Å². The van der Waals surface area contributed by atoms with Gasteiger partial charge >= 0.3 is 0 Å². The minimum atomic E-state index is -0.0934. The van der Waals surface area contributed by atoms with Gasteiger partial charge in [-0.15, -0.1) is 0 Å². The highest BCUT2D eigenvalue weighted by Crippen LogP contribution is 2.44. The number of amides is 1. The van der Waals surface area contributed by atoms with E-state index in [1.807, 2.05) is 0 Å². The number of hydrogen-bond donors (Lipinski definition) is 1. The van der Waals surface area contributed by atoms with Crippen molar-refractivity contribution in [3.8, 4) is 0 Å². The lowest BCUT2D eigenvalue weighted by molar-refractivity contribution is -0.161. The second-order valence-electron chi connectivity index (χ2n) is 7.28. The van der Waals surface area contributed by atoms with Crippen molar-refractivity contribution >= 4 is 5.91 Å². The van der Waals surface area contributed by atoms with E-state index < -0.39 is 0 Å². The fourth-order valence-electron chi connectivity index (χ4n) is 3.99. The number of fused-ring (bicyclic) bond motifs is 1. The Labute approximate surface area is 117 Å². The Bertz CT molecular complexity index is 342. The summed E-state index contributed by atoms with van der Waals surface area (Å²) in [4.78, 5) is 11.6. The van der Waals surface area contributed by atoms with Crippen LogP contribution in [-0.4, -0.2) is 23.7 Å². The van der Waals surface area contributed by atoms with Gasteiger partial charge in [-0.25, -0.2) is 0 Å². The highest BCUT2D eigenvalue weighted by Gasteiger charge is 2.49. The van der Waals surface area contributed by atoms with Crippen LogP contribution >= 0.6 is 0 Å². The first kappa shape index (κ1) is 14.8. The Morgan fingerprint density at radius 3 is 2.63 bits per heavy atom. The molecule has 2 fully saturated rings. The summed E-state index contributed by atoms with van der Waals surface area (Å²) < 4.78 is 6.35. The molecule has 1 aliphatic carbocycles. The molecule has 0 aromatic carbocycles. The van der Waals surface area contributed by atoms with Gasteiger partial charge in [0.05, 0.1) is 12.2 Å². The quantitative estimate of drug-likeness (QED) is 0.834. The van der Waals surface area contributed by atoms with Gasteiger partial charge in [-0.2, -0.15) is 0 Å². The van der Waals surface area contributed by atoms with Gasteiger partial charge in [0, 0.05) is 18.4 Å². The molecule has 1 heterocycles. The monoisotopic (exact) mass is 267 g/mol. The van der Waals surface area contributed by atoms with E-state index in [1.54, 1.807) is 6.92 Å². The number of hydrogen-bond acceptors (Lipinski definition) is 2. The van der Waals surface area contributed by atoms with Gasteiger partial charge in [-0.3, -0.25) is 4.79 Å². The lowest BCUT2D eigenvalue weighted by atomic mass is 9.66. The van der Waals surface area contributed by atoms with E-state index in [0.29, 0.717) is 17.9 Å². The van der Waals surface area contributed by atoms with Gasteiger partial charge in [0.25, 0.3) is 0 Å². The second-order valence-corrected chi connectivity index (χ2v) is 7.28. The highest BCUT2D eigenvalue weighted by atomic mass is 16.5. The molecule has 5 atom stereocenters. The van der Waals surface area contributed by atoms with Gasteiger partial charge in [0.1, 0.15) is 0 Å². The van der Waals surface area contributed by atoms with Crippen LogP contribution in [0.4, 0.5) is 0 Å². The first-order valence-corrected chi connectivity index (χ1v) is 7.76.